The van der Waals surface area contributed by atoms with Crippen LogP contribution in [0.1, 0.15) is 12.5 Å². The number of rotatable bonds is 3. The monoisotopic (exact) mass is 488 g/mol. The van der Waals surface area contributed by atoms with E-state index < -0.39 is 21.6 Å². The Kier molecular flexibility index (Phi) is 4.42. The summed E-state index contributed by atoms with van der Waals surface area (Å²) in [5.41, 5.74) is -0.506. The largest absolute Gasteiger partial charge is 0.417 e. The lowest BCUT2D eigenvalue weighted by Gasteiger charge is -2.05. The Labute approximate surface area is 170 Å². The molecule has 0 bridgehead atoms. The highest BCUT2D eigenvalue weighted by atomic mass is 79.9. The maximum atomic E-state index is 13.0. The van der Waals surface area contributed by atoms with Gasteiger partial charge in [0.2, 0.25) is 0 Å². The van der Waals surface area contributed by atoms with Crippen LogP contribution >= 0.6 is 15.9 Å². The second-order valence-electron chi connectivity index (χ2n) is 6.15. The number of fused-ring (bicyclic) bond motifs is 2. The number of hydrogen-bond acceptors (Lipinski definition) is 6. The minimum absolute atomic E-state index is 0.0217. The number of alkyl halides is 3. The first-order valence-corrected chi connectivity index (χ1v) is 10.6. The molecule has 0 spiro atoms. The number of hydrogen-bond donors (Lipinski definition) is 0. The van der Waals surface area contributed by atoms with Gasteiger partial charge in [-0.3, -0.25) is 0 Å². The fourth-order valence-corrected chi connectivity index (χ4v) is 4.24. The zero-order chi connectivity index (χ0) is 21.1. The van der Waals surface area contributed by atoms with Crippen molar-refractivity contribution in [3.05, 3.63) is 34.7 Å². The molecular weight excluding hydrogens is 477 g/mol. The average molecular weight is 489 g/mol. The second kappa shape index (κ2) is 6.49. The predicted octanol–water partition coefficient (Wildman–Crippen LogP) is 3.25. The smallest absolute Gasteiger partial charge is 0.312 e. The van der Waals surface area contributed by atoms with Crippen LogP contribution in [0.4, 0.5) is 13.2 Å². The number of halogens is 4. The van der Waals surface area contributed by atoms with Crippen LogP contribution in [0, 0.1) is 0 Å². The van der Waals surface area contributed by atoms with Gasteiger partial charge in [0, 0.05) is 19.4 Å². The van der Waals surface area contributed by atoms with Crippen molar-refractivity contribution in [3.63, 3.8) is 0 Å². The van der Waals surface area contributed by atoms with Gasteiger partial charge in [-0.15, -0.1) is 0 Å². The van der Waals surface area contributed by atoms with Gasteiger partial charge in [0.05, 0.1) is 11.3 Å². The normalized spacial score (nSPS) is 12.9. The number of nitrogens with zero attached hydrogens (tertiary/aromatic N) is 6. The van der Waals surface area contributed by atoms with Gasteiger partial charge >= 0.3 is 6.18 Å². The van der Waals surface area contributed by atoms with Gasteiger partial charge in [-0.2, -0.15) is 18.3 Å². The molecule has 0 saturated carbocycles. The van der Waals surface area contributed by atoms with Crippen LogP contribution in [0.5, 0.6) is 0 Å². The van der Waals surface area contributed by atoms with Crippen molar-refractivity contribution >= 4 is 42.6 Å². The maximum Gasteiger partial charge on any atom is 0.417 e. The molecule has 0 radical (unpaired) electrons. The third-order valence-corrected chi connectivity index (χ3v) is 6.61. The quantitative estimate of drug-likeness (QED) is 0.410. The first-order chi connectivity index (χ1) is 13.5. The van der Waals surface area contributed by atoms with Gasteiger partial charge in [-0.25, -0.2) is 27.9 Å². The molecule has 29 heavy (non-hydrogen) atoms. The Morgan fingerprint density at radius 1 is 1.21 bits per heavy atom. The zero-order valence-electron chi connectivity index (χ0n) is 14.9. The highest BCUT2D eigenvalue weighted by molar-refractivity contribution is 9.10. The van der Waals surface area contributed by atoms with E-state index in [0.717, 1.165) is 6.07 Å². The Bertz CT molecular complexity index is 1380. The van der Waals surface area contributed by atoms with Crippen molar-refractivity contribution in [2.45, 2.75) is 18.1 Å². The summed E-state index contributed by atoms with van der Waals surface area (Å²) in [6.45, 7) is 1.47. The van der Waals surface area contributed by atoms with Crippen LogP contribution in [-0.4, -0.2) is 43.3 Å². The number of imidazole rings is 1. The SMILES string of the molecule is CCS(=O)(=O)c1nn2c(Br)ccnc2c1-c1nc2cc(C(F)(F)F)cnc2n1C. The first kappa shape index (κ1) is 19.8. The first-order valence-electron chi connectivity index (χ1n) is 8.20. The van der Waals surface area contributed by atoms with Crippen molar-refractivity contribution in [1.29, 1.82) is 0 Å². The van der Waals surface area contributed by atoms with Gasteiger partial charge in [-0.05, 0) is 28.1 Å². The predicted molar refractivity (Wildman–Crippen MR) is 101 cm³/mol. The average Bonchev–Trinajstić information content (AvgIpc) is 3.20. The molecule has 4 aromatic rings. The third kappa shape index (κ3) is 3.08. The van der Waals surface area contributed by atoms with Crippen molar-refractivity contribution in [2.75, 3.05) is 5.75 Å². The van der Waals surface area contributed by atoms with Crippen molar-refractivity contribution in [2.24, 2.45) is 7.05 Å². The fourth-order valence-electron chi connectivity index (χ4n) is 2.90. The molecule has 4 aromatic heterocycles. The van der Waals surface area contributed by atoms with Gasteiger partial charge < -0.3 is 4.57 Å². The van der Waals surface area contributed by atoms with Crippen LogP contribution in [0.25, 0.3) is 28.2 Å². The summed E-state index contributed by atoms with van der Waals surface area (Å²) >= 11 is 3.29. The van der Waals surface area contributed by atoms with Gasteiger partial charge in [0.15, 0.2) is 26.2 Å². The number of sulfone groups is 1. The van der Waals surface area contributed by atoms with E-state index in [4.69, 9.17) is 0 Å². The number of aryl methyl sites for hydroxylation is 1. The molecule has 0 unspecified atom stereocenters. The van der Waals surface area contributed by atoms with E-state index >= 15 is 0 Å². The lowest BCUT2D eigenvalue weighted by molar-refractivity contribution is -0.137. The van der Waals surface area contributed by atoms with Crippen molar-refractivity contribution in [3.8, 4) is 11.4 Å². The standard InChI is InChI=1S/C16H12BrF3N6O2S/c1-3-29(27,28)15-11(13-21-5-4-10(17)26(13)24-15)14-23-9-6-8(16(18,19)20)7-22-12(9)25(14)2/h4-7H,3H2,1-2H3. The van der Waals surface area contributed by atoms with Crippen molar-refractivity contribution < 1.29 is 21.6 Å². The van der Waals surface area contributed by atoms with E-state index in [2.05, 4.69) is 36.0 Å². The van der Waals surface area contributed by atoms with Gasteiger partial charge in [0.25, 0.3) is 0 Å². The molecule has 0 atom stereocenters. The third-order valence-electron chi connectivity index (χ3n) is 4.37. The second-order valence-corrected chi connectivity index (χ2v) is 9.15. The summed E-state index contributed by atoms with van der Waals surface area (Å²) in [6, 6.07) is 2.45. The Balaban J connectivity index is 2.09. The summed E-state index contributed by atoms with van der Waals surface area (Å²) in [7, 11) is -2.25. The van der Waals surface area contributed by atoms with Crippen LogP contribution in [0.15, 0.2) is 34.2 Å². The molecule has 0 aliphatic carbocycles. The summed E-state index contributed by atoms with van der Waals surface area (Å²) in [4.78, 5) is 12.3. The summed E-state index contributed by atoms with van der Waals surface area (Å²) in [6.07, 6.45) is -2.41. The molecule has 0 aliphatic rings. The van der Waals surface area contributed by atoms with Crippen molar-refractivity contribution in [1.82, 2.24) is 29.1 Å². The molecule has 0 saturated heterocycles. The summed E-state index contributed by atoms with van der Waals surface area (Å²) < 4.78 is 67.6. The van der Waals surface area contributed by atoms with Crippen LogP contribution in [0.2, 0.25) is 0 Å². The Morgan fingerprint density at radius 3 is 2.59 bits per heavy atom. The Morgan fingerprint density at radius 2 is 1.93 bits per heavy atom. The van der Waals surface area contributed by atoms with E-state index in [1.54, 1.807) is 6.07 Å². The highest BCUT2D eigenvalue weighted by Crippen LogP contribution is 2.35. The maximum absolute atomic E-state index is 13.0. The number of aromatic nitrogens is 6. The fraction of sp³-hybridized carbons (Fsp3) is 0.250. The van der Waals surface area contributed by atoms with Gasteiger partial charge in [0.1, 0.15) is 21.5 Å². The molecule has 13 heteroatoms. The van der Waals surface area contributed by atoms with Crippen LogP contribution in [0.3, 0.4) is 0 Å². The topological polar surface area (TPSA) is 95.0 Å². The molecule has 0 N–H and O–H groups in total. The molecule has 0 aromatic carbocycles. The van der Waals surface area contributed by atoms with Crippen LogP contribution < -0.4 is 0 Å². The molecular formula is C16H12BrF3N6O2S. The highest BCUT2D eigenvalue weighted by Gasteiger charge is 2.33. The van der Waals surface area contributed by atoms with E-state index in [9.17, 15) is 21.6 Å². The molecule has 4 rings (SSSR count). The van der Waals surface area contributed by atoms with Crippen LogP contribution in [-0.2, 0) is 23.1 Å². The van der Waals surface area contributed by atoms with Gasteiger partial charge in [-0.1, -0.05) is 6.92 Å². The summed E-state index contributed by atoms with van der Waals surface area (Å²) in [5.74, 6) is -0.124. The zero-order valence-corrected chi connectivity index (χ0v) is 17.3. The molecule has 0 amide bonds. The van der Waals surface area contributed by atoms with E-state index in [1.165, 1.54) is 29.3 Å². The molecule has 0 fully saturated rings. The minimum atomic E-state index is -4.58. The molecule has 0 aliphatic heterocycles. The minimum Gasteiger partial charge on any atom is -0.312 e. The molecule has 152 valence electrons. The molecule has 8 nitrogen and oxygen atoms in total. The molecule has 4 heterocycles. The van der Waals surface area contributed by atoms with E-state index in [-0.39, 0.29) is 39.0 Å². The van der Waals surface area contributed by atoms with E-state index in [1.807, 2.05) is 0 Å². The number of pyridine rings is 1. The van der Waals surface area contributed by atoms with E-state index in [0.29, 0.717) is 10.8 Å². The summed E-state index contributed by atoms with van der Waals surface area (Å²) in [5, 5.41) is 3.91. The Hall–Kier alpha value is -2.54. The lowest BCUT2D eigenvalue weighted by Crippen LogP contribution is -2.07. The lowest BCUT2D eigenvalue weighted by atomic mass is 10.2.